The molecule has 0 aliphatic rings. The summed E-state index contributed by atoms with van der Waals surface area (Å²) in [5.74, 6) is 0. The van der Waals surface area contributed by atoms with Crippen molar-refractivity contribution in [3.8, 4) is 0 Å². The Hall–Kier alpha value is -1.59. The number of ether oxygens (including phenoxy) is 1. The lowest BCUT2D eigenvalue weighted by atomic mass is 10.2. The van der Waals surface area contributed by atoms with Crippen molar-refractivity contribution in [2.75, 3.05) is 26.7 Å². The number of amides is 1. The van der Waals surface area contributed by atoms with E-state index in [2.05, 4.69) is 53.8 Å². The van der Waals surface area contributed by atoms with Gasteiger partial charge in [-0.1, -0.05) is 30.3 Å². The molecule has 2 N–H and O–H groups in total. The molecule has 1 aromatic carbocycles. The maximum absolute atomic E-state index is 11.5. The minimum atomic E-state index is -0.443. The van der Waals surface area contributed by atoms with Gasteiger partial charge in [0, 0.05) is 25.7 Å². The molecule has 0 bridgehead atoms. The zero-order chi connectivity index (χ0) is 18.0. The Balaban J connectivity index is 2.09. The number of hydrogen-bond acceptors (Lipinski definition) is 4. The van der Waals surface area contributed by atoms with Gasteiger partial charge >= 0.3 is 6.09 Å². The second kappa shape index (κ2) is 10.3. The van der Waals surface area contributed by atoms with E-state index in [0.717, 1.165) is 26.1 Å². The number of nitrogens with one attached hydrogen (secondary N) is 2. The monoisotopic (exact) mass is 335 g/mol. The third-order valence-electron chi connectivity index (χ3n) is 3.67. The third-order valence-corrected chi connectivity index (χ3v) is 3.67. The number of carbonyl (C=O) groups excluding carboxylic acids is 1. The number of likely N-dealkylation sites (N-methyl/N-ethyl adjacent to an activating group) is 1. The van der Waals surface area contributed by atoms with Crippen LogP contribution in [0.5, 0.6) is 0 Å². The van der Waals surface area contributed by atoms with Crippen LogP contribution in [0.15, 0.2) is 30.3 Å². The van der Waals surface area contributed by atoms with Crippen molar-refractivity contribution < 1.29 is 9.53 Å². The van der Waals surface area contributed by atoms with Crippen LogP contribution in [0.4, 0.5) is 4.79 Å². The number of carbonyl (C=O) groups is 1. The van der Waals surface area contributed by atoms with E-state index in [0.29, 0.717) is 12.6 Å². The summed E-state index contributed by atoms with van der Waals surface area (Å²) in [6.07, 6.45) is 0.535. The zero-order valence-electron chi connectivity index (χ0n) is 15.8. The fourth-order valence-electron chi connectivity index (χ4n) is 2.21. The Morgan fingerprint density at radius 1 is 1.21 bits per heavy atom. The average Bonchev–Trinajstić information content (AvgIpc) is 2.49. The Bertz CT molecular complexity index is 471. The Kier molecular flexibility index (Phi) is 8.79. The first-order valence-corrected chi connectivity index (χ1v) is 8.69. The van der Waals surface area contributed by atoms with E-state index < -0.39 is 5.60 Å². The maximum Gasteiger partial charge on any atom is 0.407 e. The molecule has 1 aromatic rings. The molecule has 0 aromatic heterocycles. The van der Waals surface area contributed by atoms with Crippen molar-refractivity contribution in [2.24, 2.45) is 0 Å². The van der Waals surface area contributed by atoms with Crippen LogP contribution in [0, 0.1) is 0 Å². The first-order chi connectivity index (χ1) is 11.3. The highest BCUT2D eigenvalue weighted by Gasteiger charge is 2.15. The Morgan fingerprint density at radius 2 is 1.88 bits per heavy atom. The largest absolute Gasteiger partial charge is 0.444 e. The quantitative estimate of drug-likeness (QED) is 0.681. The molecule has 5 nitrogen and oxygen atoms in total. The summed E-state index contributed by atoms with van der Waals surface area (Å²) in [4.78, 5) is 13.8. The van der Waals surface area contributed by atoms with Gasteiger partial charge in [-0.15, -0.1) is 0 Å². The highest BCUT2D eigenvalue weighted by Crippen LogP contribution is 2.06. The molecule has 0 saturated carbocycles. The molecule has 1 amide bonds. The minimum Gasteiger partial charge on any atom is -0.444 e. The van der Waals surface area contributed by atoms with Crippen LogP contribution in [0.3, 0.4) is 0 Å². The predicted molar refractivity (Wildman–Crippen MR) is 99.1 cm³/mol. The van der Waals surface area contributed by atoms with Crippen LogP contribution < -0.4 is 10.6 Å². The third kappa shape index (κ3) is 9.53. The molecule has 1 rings (SSSR count). The summed E-state index contributed by atoms with van der Waals surface area (Å²) in [7, 11) is 2.14. The van der Waals surface area contributed by atoms with Crippen molar-refractivity contribution in [2.45, 2.75) is 52.3 Å². The summed E-state index contributed by atoms with van der Waals surface area (Å²) in [5.41, 5.74) is 0.884. The molecule has 5 heteroatoms. The second-order valence-corrected chi connectivity index (χ2v) is 7.24. The van der Waals surface area contributed by atoms with Crippen LogP contribution in [-0.4, -0.2) is 49.3 Å². The van der Waals surface area contributed by atoms with Crippen LogP contribution in [-0.2, 0) is 11.3 Å². The normalized spacial score (nSPS) is 12.9. The van der Waals surface area contributed by atoms with Crippen molar-refractivity contribution in [1.82, 2.24) is 15.5 Å². The smallest absolute Gasteiger partial charge is 0.407 e. The fourth-order valence-corrected chi connectivity index (χ4v) is 2.21. The molecule has 136 valence electrons. The summed E-state index contributed by atoms with van der Waals surface area (Å²) in [6.45, 7) is 11.2. The number of alkyl carbamates (subject to hydrolysis) is 1. The summed E-state index contributed by atoms with van der Waals surface area (Å²) < 4.78 is 5.19. The van der Waals surface area contributed by atoms with Crippen LogP contribution in [0.25, 0.3) is 0 Å². The van der Waals surface area contributed by atoms with Crippen LogP contribution >= 0.6 is 0 Å². The van der Waals surface area contributed by atoms with E-state index in [-0.39, 0.29) is 6.09 Å². The molecular formula is C19H33N3O2. The average molecular weight is 335 g/mol. The Labute approximate surface area is 146 Å². The summed E-state index contributed by atoms with van der Waals surface area (Å²) in [5, 5.41) is 6.21. The summed E-state index contributed by atoms with van der Waals surface area (Å²) in [6, 6.07) is 10.9. The van der Waals surface area contributed by atoms with Crippen LogP contribution in [0.2, 0.25) is 0 Å². The standard InChI is InChI=1S/C19H33N3O2/c1-16(22(5)15-17-10-7-6-8-11-17)14-20-12-9-13-21-18(23)24-19(2,3)4/h6-8,10-11,16,20H,9,12-15H2,1-5H3,(H,21,23). The molecule has 0 aliphatic carbocycles. The first-order valence-electron chi connectivity index (χ1n) is 8.69. The van der Waals surface area contributed by atoms with Crippen molar-refractivity contribution in [1.29, 1.82) is 0 Å². The number of rotatable bonds is 9. The Morgan fingerprint density at radius 3 is 2.50 bits per heavy atom. The molecule has 0 aliphatic heterocycles. The van der Waals surface area contributed by atoms with E-state index in [1.165, 1.54) is 5.56 Å². The SMILES string of the molecule is CC(CNCCCNC(=O)OC(C)(C)C)N(C)Cc1ccccc1. The van der Waals surface area contributed by atoms with Crippen molar-refractivity contribution in [3.05, 3.63) is 35.9 Å². The lowest BCUT2D eigenvalue weighted by molar-refractivity contribution is 0.0527. The van der Waals surface area contributed by atoms with Gasteiger partial charge in [0.1, 0.15) is 5.60 Å². The van der Waals surface area contributed by atoms with Gasteiger partial charge in [-0.3, -0.25) is 4.90 Å². The van der Waals surface area contributed by atoms with Gasteiger partial charge in [-0.2, -0.15) is 0 Å². The van der Waals surface area contributed by atoms with Gasteiger partial charge in [0.25, 0.3) is 0 Å². The topological polar surface area (TPSA) is 53.6 Å². The van der Waals surface area contributed by atoms with E-state index in [4.69, 9.17) is 4.74 Å². The molecule has 0 spiro atoms. The lowest BCUT2D eigenvalue weighted by Gasteiger charge is -2.25. The minimum absolute atomic E-state index is 0.349. The highest BCUT2D eigenvalue weighted by atomic mass is 16.6. The number of nitrogens with zero attached hydrogens (tertiary/aromatic N) is 1. The van der Waals surface area contributed by atoms with Gasteiger partial charge in [0.2, 0.25) is 0 Å². The van der Waals surface area contributed by atoms with Gasteiger partial charge in [0.15, 0.2) is 0 Å². The van der Waals surface area contributed by atoms with E-state index in [1.807, 2.05) is 26.8 Å². The van der Waals surface area contributed by atoms with Gasteiger partial charge in [-0.25, -0.2) is 4.79 Å². The van der Waals surface area contributed by atoms with E-state index in [9.17, 15) is 4.79 Å². The van der Waals surface area contributed by atoms with Gasteiger partial charge < -0.3 is 15.4 Å². The zero-order valence-corrected chi connectivity index (χ0v) is 15.8. The summed E-state index contributed by atoms with van der Waals surface area (Å²) >= 11 is 0. The molecular weight excluding hydrogens is 302 g/mol. The van der Waals surface area contributed by atoms with E-state index in [1.54, 1.807) is 0 Å². The van der Waals surface area contributed by atoms with Crippen molar-refractivity contribution >= 4 is 6.09 Å². The van der Waals surface area contributed by atoms with Crippen LogP contribution in [0.1, 0.15) is 39.7 Å². The molecule has 1 atom stereocenters. The molecule has 0 fully saturated rings. The van der Waals surface area contributed by atoms with E-state index >= 15 is 0 Å². The molecule has 0 heterocycles. The molecule has 1 unspecified atom stereocenters. The van der Waals surface area contributed by atoms with Gasteiger partial charge in [0.05, 0.1) is 0 Å². The molecule has 0 radical (unpaired) electrons. The molecule has 0 saturated heterocycles. The first kappa shape index (κ1) is 20.5. The number of hydrogen-bond donors (Lipinski definition) is 2. The second-order valence-electron chi connectivity index (χ2n) is 7.24. The highest BCUT2D eigenvalue weighted by molar-refractivity contribution is 5.67. The van der Waals surface area contributed by atoms with Crippen molar-refractivity contribution in [3.63, 3.8) is 0 Å². The maximum atomic E-state index is 11.5. The fraction of sp³-hybridized carbons (Fsp3) is 0.632. The predicted octanol–water partition coefficient (Wildman–Crippen LogP) is 3.01. The van der Waals surface area contributed by atoms with Gasteiger partial charge in [-0.05, 0) is 53.3 Å². The molecule has 24 heavy (non-hydrogen) atoms. The number of benzene rings is 1. The lowest BCUT2D eigenvalue weighted by Crippen LogP contribution is -2.38.